The van der Waals surface area contributed by atoms with Crippen LogP contribution in [0.1, 0.15) is 39.2 Å². The zero-order valence-corrected chi connectivity index (χ0v) is 10.5. The zero-order valence-electron chi connectivity index (χ0n) is 9.76. The van der Waals surface area contributed by atoms with Crippen LogP contribution >= 0.6 is 11.6 Å². The summed E-state index contributed by atoms with van der Waals surface area (Å²) < 4.78 is 0. The summed E-state index contributed by atoms with van der Waals surface area (Å²) >= 11 is 5.92. The van der Waals surface area contributed by atoms with E-state index < -0.39 is 0 Å². The van der Waals surface area contributed by atoms with Gasteiger partial charge in [0.05, 0.1) is 0 Å². The van der Waals surface area contributed by atoms with Gasteiger partial charge in [-0.3, -0.25) is 0 Å². The maximum atomic E-state index is 5.92. The smallest absolute Gasteiger partial charge is 0.0406 e. The Bertz CT molecular complexity index is 333. The molecule has 0 aromatic heterocycles. The van der Waals surface area contributed by atoms with Crippen LogP contribution in [0.4, 0.5) is 0 Å². The maximum Gasteiger partial charge on any atom is 0.0406 e. The predicted molar refractivity (Wildman–Crippen MR) is 66.4 cm³/mol. The number of hydrogen-bond acceptors (Lipinski definition) is 0. The lowest BCUT2D eigenvalue weighted by molar-refractivity contribution is 0.329. The SMILES string of the molecule is CC(C)C(C)C1(c2ccc(Cl)cc2)CC1. The predicted octanol–water partition coefficient (Wildman–Crippen LogP) is 4.66. The van der Waals surface area contributed by atoms with Crippen LogP contribution in [-0.2, 0) is 5.41 Å². The van der Waals surface area contributed by atoms with Crippen molar-refractivity contribution < 1.29 is 0 Å². The molecule has 1 fully saturated rings. The van der Waals surface area contributed by atoms with Crippen LogP contribution in [0.15, 0.2) is 24.3 Å². The van der Waals surface area contributed by atoms with Crippen LogP contribution in [0.25, 0.3) is 0 Å². The minimum atomic E-state index is 0.457. The molecule has 1 aliphatic rings. The molecule has 0 bridgehead atoms. The van der Waals surface area contributed by atoms with Crippen LogP contribution in [-0.4, -0.2) is 0 Å². The van der Waals surface area contributed by atoms with Gasteiger partial charge in [-0.2, -0.15) is 0 Å². The van der Waals surface area contributed by atoms with Crippen LogP contribution < -0.4 is 0 Å². The van der Waals surface area contributed by atoms with E-state index in [9.17, 15) is 0 Å². The van der Waals surface area contributed by atoms with Gasteiger partial charge in [0.1, 0.15) is 0 Å². The second-order valence-corrected chi connectivity index (χ2v) is 5.63. The molecule has 2 rings (SSSR count). The van der Waals surface area contributed by atoms with Gasteiger partial charge in [-0.15, -0.1) is 0 Å². The van der Waals surface area contributed by atoms with Gasteiger partial charge in [0, 0.05) is 5.02 Å². The number of hydrogen-bond donors (Lipinski definition) is 0. The lowest BCUT2D eigenvalue weighted by Crippen LogP contribution is -2.22. The van der Waals surface area contributed by atoms with E-state index >= 15 is 0 Å². The molecule has 1 aliphatic carbocycles. The molecule has 1 atom stereocenters. The first-order valence-electron chi connectivity index (χ1n) is 5.82. The summed E-state index contributed by atoms with van der Waals surface area (Å²) in [7, 11) is 0. The fourth-order valence-corrected chi connectivity index (χ4v) is 2.69. The van der Waals surface area contributed by atoms with Crippen LogP contribution in [0.2, 0.25) is 5.02 Å². The highest BCUT2D eigenvalue weighted by Gasteiger charge is 2.49. The van der Waals surface area contributed by atoms with Crippen molar-refractivity contribution in [2.45, 2.75) is 39.0 Å². The fraction of sp³-hybridized carbons (Fsp3) is 0.571. The topological polar surface area (TPSA) is 0 Å². The molecular formula is C14H19Cl. The largest absolute Gasteiger partial charge is 0.0843 e. The molecule has 0 spiro atoms. The molecule has 1 aromatic rings. The second kappa shape index (κ2) is 3.83. The monoisotopic (exact) mass is 222 g/mol. The lowest BCUT2D eigenvalue weighted by atomic mass is 9.78. The van der Waals surface area contributed by atoms with E-state index in [1.165, 1.54) is 18.4 Å². The Hall–Kier alpha value is -0.490. The Balaban J connectivity index is 2.26. The molecule has 0 amide bonds. The summed E-state index contributed by atoms with van der Waals surface area (Å²) in [6, 6.07) is 8.44. The minimum Gasteiger partial charge on any atom is -0.0843 e. The van der Waals surface area contributed by atoms with Crippen molar-refractivity contribution in [2.75, 3.05) is 0 Å². The van der Waals surface area contributed by atoms with E-state index in [1.54, 1.807) is 0 Å². The first kappa shape index (κ1) is 11.0. The third kappa shape index (κ3) is 1.92. The second-order valence-electron chi connectivity index (χ2n) is 5.20. The lowest BCUT2D eigenvalue weighted by Gasteiger charge is -2.27. The molecule has 0 saturated heterocycles. The van der Waals surface area contributed by atoms with Crippen LogP contribution in [0, 0.1) is 11.8 Å². The molecule has 15 heavy (non-hydrogen) atoms. The summed E-state index contributed by atoms with van der Waals surface area (Å²) in [6.07, 6.45) is 2.68. The summed E-state index contributed by atoms with van der Waals surface area (Å²) in [5.41, 5.74) is 1.94. The zero-order chi connectivity index (χ0) is 11.1. The first-order chi connectivity index (χ1) is 7.06. The van der Waals surface area contributed by atoms with Crippen LogP contribution in [0.5, 0.6) is 0 Å². The average molecular weight is 223 g/mol. The van der Waals surface area contributed by atoms with E-state index in [2.05, 4.69) is 32.9 Å². The third-order valence-electron chi connectivity index (χ3n) is 4.08. The molecule has 1 saturated carbocycles. The molecule has 1 heteroatoms. The van der Waals surface area contributed by atoms with Gasteiger partial charge in [-0.05, 0) is 47.8 Å². The maximum absolute atomic E-state index is 5.92. The van der Waals surface area contributed by atoms with Crippen molar-refractivity contribution in [3.05, 3.63) is 34.9 Å². The number of benzene rings is 1. The number of halogens is 1. The van der Waals surface area contributed by atoms with Crippen molar-refractivity contribution in [1.82, 2.24) is 0 Å². The van der Waals surface area contributed by atoms with Gasteiger partial charge in [0.15, 0.2) is 0 Å². The van der Waals surface area contributed by atoms with E-state index in [0.717, 1.165) is 16.9 Å². The van der Waals surface area contributed by atoms with E-state index in [1.807, 2.05) is 12.1 Å². The Morgan fingerprint density at radius 3 is 2.00 bits per heavy atom. The van der Waals surface area contributed by atoms with Crippen molar-refractivity contribution in [3.63, 3.8) is 0 Å². The molecule has 0 aliphatic heterocycles. The van der Waals surface area contributed by atoms with Crippen LogP contribution in [0.3, 0.4) is 0 Å². The molecule has 82 valence electrons. The van der Waals surface area contributed by atoms with Crippen molar-refractivity contribution in [3.8, 4) is 0 Å². The summed E-state index contributed by atoms with van der Waals surface area (Å²) in [5, 5.41) is 0.840. The third-order valence-corrected chi connectivity index (χ3v) is 4.33. The van der Waals surface area contributed by atoms with Crippen molar-refractivity contribution >= 4 is 11.6 Å². The van der Waals surface area contributed by atoms with Crippen molar-refractivity contribution in [2.24, 2.45) is 11.8 Å². The molecule has 1 aromatic carbocycles. The van der Waals surface area contributed by atoms with E-state index in [-0.39, 0.29) is 0 Å². The van der Waals surface area contributed by atoms with Gasteiger partial charge in [0.25, 0.3) is 0 Å². The standard InChI is InChI=1S/C14H19Cl/c1-10(2)11(3)14(8-9-14)12-4-6-13(15)7-5-12/h4-7,10-11H,8-9H2,1-3H3. The summed E-state index contributed by atoms with van der Waals surface area (Å²) in [5.74, 6) is 1.52. The summed E-state index contributed by atoms with van der Waals surface area (Å²) in [6.45, 7) is 7.02. The molecule has 0 radical (unpaired) electrons. The van der Waals surface area contributed by atoms with Gasteiger partial charge >= 0.3 is 0 Å². The Morgan fingerprint density at radius 2 is 1.60 bits per heavy atom. The normalized spacial score (nSPS) is 20.3. The van der Waals surface area contributed by atoms with Crippen molar-refractivity contribution in [1.29, 1.82) is 0 Å². The van der Waals surface area contributed by atoms with E-state index in [0.29, 0.717) is 5.41 Å². The molecule has 1 unspecified atom stereocenters. The quantitative estimate of drug-likeness (QED) is 0.698. The highest BCUT2D eigenvalue weighted by atomic mass is 35.5. The molecule has 0 heterocycles. The Labute approximate surface area is 97.6 Å². The minimum absolute atomic E-state index is 0.457. The van der Waals surface area contributed by atoms with Gasteiger partial charge in [0.2, 0.25) is 0 Å². The molecular weight excluding hydrogens is 204 g/mol. The highest BCUT2D eigenvalue weighted by molar-refractivity contribution is 6.30. The Kier molecular flexibility index (Phi) is 2.81. The first-order valence-corrected chi connectivity index (χ1v) is 6.20. The Morgan fingerprint density at radius 1 is 1.07 bits per heavy atom. The van der Waals surface area contributed by atoms with Gasteiger partial charge < -0.3 is 0 Å². The highest BCUT2D eigenvalue weighted by Crippen LogP contribution is 2.55. The summed E-state index contributed by atoms with van der Waals surface area (Å²) in [4.78, 5) is 0. The fourth-order valence-electron chi connectivity index (χ4n) is 2.56. The average Bonchev–Trinajstić information content (AvgIpc) is 2.99. The number of rotatable bonds is 3. The molecule has 0 nitrogen and oxygen atoms in total. The van der Waals surface area contributed by atoms with Gasteiger partial charge in [-0.1, -0.05) is 44.5 Å². The van der Waals surface area contributed by atoms with Gasteiger partial charge in [-0.25, -0.2) is 0 Å². The van der Waals surface area contributed by atoms with E-state index in [4.69, 9.17) is 11.6 Å². The molecule has 0 N–H and O–H groups in total.